The number of pyridine rings is 1. The van der Waals surface area contributed by atoms with Gasteiger partial charge >= 0.3 is 0 Å². The molecule has 1 amide bonds. The summed E-state index contributed by atoms with van der Waals surface area (Å²) in [6.45, 7) is 5.81. The molecular weight excluding hydrogens is 316 g/mol. The zero-order chi connectivity index (χ0) is 18.0. The van der Waals surface area contributed by atoms with Gasteiger partial charge in [-0.25, -0.2) is 0 Å². The molecule has 1 saturated heterocycles. The Kier molecular flexibility index (Phi) is 5.40. The fraction of sp³-hybridized carbons (Fsp3) is 0.650. The van der Waals surface area contributed by atoms with E-state index in [1.165, 1.54) is 0 Å². The highest BCUT2D eigenvalue weighted by Gasteiger charge is 2.37. The summed E-state index contributed by atoms with van der Waals surface area (Å²) in [6, 6.07) is 5.46. The Morgan fingerprint density at radius 1 is 1.20 bits per heavy atom. The van der Waals surface area contributed by atoms with Gasteiger partial charge < -0.3 is 14.3 Å². The molecule has 1 fully saturated rings. The van der Waals surface area contributed by atoms with E-state index in [1.807, 2.05) is 21.6 Å². The molecule has 0 aromatic carbocycles. The topological polar surface area (TPSA) is 59.4 Å². The van der Waals surface area contributed by atoms with Crippen LogP contribution in [0.1, 0.15) is 57.6 Å². The molecule has 3 rings (SSSR count). The molecule has 0 radical (unpaired) electrons. The maximum atomic E-state index is 13.1. The number of fused-ring (bicyclic) bond motifs is 4. The maximum absolute atomic E-state index is 13.1. The van der Waals surface area contributed by atoms with Crippen molar-refractivity contribution >= 4 is 11.7 Å². The van der Waals surface area contributed by atoms with Gasteiger partial charge in [0.05, 0.1) is 0 Å². The monoisotopic (exact) mass is 344 g/mol. The molecule has 5 nitrogen and oxygen atoms in total. The van der Waals surface area contributed by atoms with Gasteiger partial charge in [-0.2, -0.15) is 0 Å². The van der Waals surface area contributed by atoms with Crippen LogP contribution in [0, 0.1) is 11.8 Å². The second-order valence-corrected chi connectivity index (χ2v) is 7.67. The SMILES string of the molecule is CCCC(CCC(C)=O)C(=O)N1CC2CC(C1)c1cccc(=O)n1C2. The minimum absolute atomic E-state index is 0.0503. The summed E-state index contributed by atoms with van der Waals surface area (Å²) in [6.07, 6.45) is 3.99. The summed E-state index contributed by atoms with van der Waals surface area (Å²) >= 11 is 0. The van der Waals surface area contributed by atoms with Gasteiger partial charge in [0.1, 0.15) is 5.78 Å². The lowest BCUT2D eigenvalue weighted by molar-refractivity contribution is -0.139. The molecule has 1 aromatic heterocycles. The minimum Gasteiger partial charge on any atom is -0.341 e. The number of rotatable bonds is 6. The molecule has 2 aliphatic rings. The minimum atomic E-state index is -0.0503. The zero-order valence-electron chi connectivity index (χ0n) is 15.2. The molecule has 3 atom stereocenters. The standard InChI is InChI=1S/C20H28N2O3/c1-3-5-16(9-8-14(2)23)20(25)21-11-15-10-17(13-21)18-6-4-7-19(24)22(18)12-15/h4,6-7,15-17H,3,5,8-13H2,1-2H3. The van der Waals surface area contributed by atoms with Crippen molar-refractivity contribution in [2.24, 2.45) is 11.8 Å². The van der Waals surface area contributed by atoms with Crippen molar-refractivity contribution in [2.75, 3.05) is 13.1 Å². The second-order valence-electron chi connectivity index (χ2n) is 7.67. The molecule has 0 saturated carbocycles. The van der Waals surface area contributed by atoms with Crippen molar-refractivity contribution in [3.05, 3.63) is 34.2 Å². The van der Waals surface area contributed by atoms with Gasteiger partial charge in [-0.3, -0.25) is 9.59 Å². The van der Waals surface area contributed by atoms with E-state index in [0.29, 0.717) is 31.8 Å². The van der Waals surface area contributed by atoms with E-state index in [-0.39, 0.29) is 29.1 Å². The average molecular weight is 344 g/mol. The zero-order valence-corrected chi connectivity index (χ0v) is 15.2. The quantitative estimate of drug-likeness (QED) is 0.797. The first kappa shape index (κ1) is 17.9. The summed E-state index contributed by atoms with van der Waals surface area (Å²) in [5.74, 6) is 0.902. The van der Waals surface area contributed by atoms with E-state index in [1.54, 1.807) is 13.0 Å². The molecule has 0 aliphatic carbocycles. The molecule has 136 valence electrons. The summed E-state index contributed by atoms with van der Waals surface area (Å²) in [4.78, 5) is 38.5. The van der Waals surface area contributed by atoms with Gasteiger partial charge in [0, 0.05) is 49.7 Å². The van der Waals surface area contributed by atoms with Crippen molar-refractivity contribution in [2.45, 2.75) is 58.4 Å². The van der Waals surface area contributed by atoms with Crippen molar-refractivity contribution in [3.63, 3.8) is 0 Å². The second kappa shape index (κ2) is 7.54. The Labute approximate surface area is 149 Å². The van der Waals surface area contributed by atoms with Crippen LogP contribution in [0.3, 0.4) is 0 Å². The number of hydrogen-bond donors (Lipinski definition) is 0. The van der Waals surface area contributed by atoms with Gasteiger partial charge in [0.2, 0.25) is 5.91 Å². The van der Waals surface area contributed by atoms with E-state index >= 15 is 0 Å². The Bertz CT molecular complexity index is 709. The van der Waals surface area contributed by atoms with Crippen molar-refractivity contribution in [1.29, 1.82) is 0 Å². The van der Waals surface area contributed by atoms with Gasteiger partial charge in [-0.15, -0.1) is 0 Å². The predicted octanol–water partition coefficient (Wildman–Crippen LogP) is 2.58. The van der Waals surface area contributed by atoms with Crippen LogP contribution >= 0.6 is 0 Å². The third-order valence-electron chi connectivity index (χ3n) is 5.62. The van der Waals surface area contributed by atoms with E-state index in [2.05, 4.69) is 6.92 Å². The number of likely N-dealkylation sites (tertiary alicyclic amines) is 1. The molecule has 2 aliphatic heterocycles. The number of ketones is 1. The molecule has 3 heterocycles. The highest BCUT2D eigenvalue weighted by Crippen LogP contribution is 2.36. The fourth-order valence-corrected chi connectivity index (χ4v) is 4.45. The highest BCUT2D eigenvalue weighted by molar-refractivity contribution is 5.81. The van der Waals surface area contributed by atoms with Crippen LogP contribution in [-0.2, 0) is 16.1 Å². The van der Waals surface area contributed by atoms with E-state index in [9.17, 15) is 14.4 Å². The highest BCUT2D eigenvalue weighted by atomic mass is 16.2. The number of aromatic nitrogens is 1. The number of carbonyl (C=O) groups is 2. The summed E-state index contributed by atoms with van der Waals surface area (Å²) in [5, 5.41) is 0. The molecule has 0 spiro atoms. The fourth-order valence-electron chi connectivity index (χ4n) is 4.45. The summed E-state index contributed by atoms with van der Waals surface area (Å²) in [5.41, 5.74) is 1.13. The lowest BCUT2D eigenvalue weighted by Crippen LogP contribution is -2.50. The third-order valence-corrected chi connectivity index (χ3v) is 5.62. The normalized spacial score (nSPS) is 23.0. The molecule has 0 N–H and O–H groups in total. The number of nitrogens with zero attached hydrogens (tertiary/aromatic N) is 2. The van der Waals surface area contributed by atoms with Crippen LogP contribution in [0.4, 0.5) is 0 Å². The Hall–Kier alpha value is -1.91. The lowest BCUT2D eigenvalue weighted by Gasteiger charge is -2.43. The van der Waals surface area contributed by atoms with Crippen LogP contribution in [-0.4, -0.2) is 34.2 Å². The van der Waals surface area contributed by atoms with Crippen molar-refractivity contribution in [1.82, 2.24) is 9.47 Å². The lowest BCUT2D eigenvalue weighted by atomic mass is 9.82. The van der Waals surface area contributed by atoms with Gasteiger partial charge in [0.15, 0.2) is 0 Å². The number of amides is 1. The van der Waals surface area contributed by atoms with Crippen molar-refractivity contribution < 1.29 is 9.59 Å². The largest absolute Gasteiger partial charge is 0.341 e. The van der Waals surface area contributed by atoms with E-state index in [0.717, 1.165) is 31.5 Å². The Balaban J connectivity index is 1.75. The van der Waals surface area contributed by atoms with Gasteiger partial charge in [-0.05, 0) is 38.2 Å². The summed E-state index contributed by atoms with van der Waals surface area (Å²) < 4.78 is 1.89. The Morgan fingerprint density at radius 2 is 2.00 bits per heavy atom. The number of hydrogen-bond acceptors (Lipinski definition) is 3. The van der Waals surface area contributed by atoms with E-state index < -0.39 is 0 Å². The van der Waals surface area contributed by atoms with Crippen LogP contribution in [0.15, 0.2) is 23.0 Å². The third kappa shape index (κ3) is 3.86. The molecule has 5 heteroatoms. The van der Waals surface area contributed by atoms with Crippen LogP contribution < -0.4 is 5.56 Å². The maximum Gasteiger partial charge on any atom is 0.250 e. The van der Waals surface area contributed by atoms with E-state index in [4.69, 9.17) is 0 Å². The average Bonchev–Trinajstić information content (AvgIpc) is 2.58. The first-order valence-corrected chi connectivity index (χ1v) is 9.47. The summed E-state index contributed by atoms with van der Waals surface area (Å²) in [7, 11) is 0. The first-order valence-electron chi connectivity index (χ1n) is 9.47. The smallest absolute Gasteiger partial charge is 0.250 e. The predicted molar refractivity (Wildman–Crippen MR) is 96.4 cm³/mol. The molecule has 25 heavy (non-hydrogen) atoms. The molecule has 1 aromatic rings. The molecular formula is C20H28N2O3. The van der Waals surface area contributed by atoms with Gasteiger partial charge in [-0.1, -0.05) is 19.4 Å². The number of Topliss-reactive ketones (excluding diaryl/α,β-unsaturated/α-hetero) is 1. The van der Waals surface area contributed by atoms with Crippen LogP contribution in [0.5, 0.6) is 0 Å². The van der Waals surface area contributed by atoms with Crippen LogP contribution in [0.2, 0.25) is 0 Å². The number of carbonyl (C=O) groups excluding carboxylic acids is 2. The molecule has 2 bridgehead atoms. The Morgan fingerprint density at radius 3 is 2.72 bits per heavy atom. The first-order chi connectivity index (χ1) is 12.0. The van der Waals surface area contributed by atoms with Crippen molar-refractivity contribution in [3.8, 4) is 0 Å². The van der Waals surface area contributed by atoms with Gasteiger partial charge in [0.25, 0.3) is 5.56 Å². The molecule has 3 unspecified atom stereocenters. The number of piperidine rings is 1. The van der Waals surface area contributed by atoms with Crippen LogP contribution in [0.25, 0.3) is 0 Å².